The Hall–Kier alpha value is -1.66. The number of ether oxygens (including phenoxy) is 2. The fraction of sp³-hybridized carbons (Fsp3) is 0.556. The molecule has 114 valence electrons. The zero-order chi connectivity index (χ0) is 14.9. The van der Waals surface area contributed by atoms with Crippen LogP contribution in [0.15, 0.2) is 24.3 Å². The van der Waals surface area contributed by atoms with Crippen molar-refractivity contribution in [3.8, 4) is 23.3 Å². The standard InChI is InChI=1S/C18H25NO2/c1-15-9-3-4-10-16(15)19-13-7-8-14-21-18-12-6-5-11-17(18)20-2/h5-6,11-12,15-16,19H,3-4,9-10,13-14H2,1-2H3/t15-,16-/m0/s1. The maximum absolute atomic E-state index is 5.61. The third-order valence-electron chi connectivity index (χ3n) is 4.06. The highest BCUT2D eigenvalue weighted by Crippen LogP contribution is 2.25. The van der Waals surface area contributed by atoms with Crippen LogP contribution in [0.2, 0.25) is 0 Å². The number of hydrogen-bond donors (Lipinski definition) is 1. The van der Waals surface area contributed by atoms with Gasteiger partial charge in [0.25, 0.3) is 0 Å². The molecule has 0 heterocycles. The van der Waals surface area contributed by atoms with Crippen LogP contribution in [0.5, 0.6) is 11.5 Å². The monoisotopic (exact) mass is 287 g/mol. The van der Waals surface area contributed by atoms with Gasteiger partial charge in [0.2, 0.25) is 0 Å². The van der Waals surface area contributed by atoms with Gasteiger partial charge in [0.15, 0.2) is 11.5 Å². The lowest BCUT2D eigenvalue weighted by molar-refractivity contribution is 0.289. The number of benzene rings is 1. The van der Waals surface area contributed by atoms with Gasteiger partial charge >= 0.3 is 0 Å². The van der Waals surface area contributed by atoms with Crippen LogP contribution in [0.1, 0.15) is 32.6 Å². The van der Waals surface area contributed by atoms with Gasteiger partial charge in [-0.15, -0.1) is 0 Å². The Morgan fingerprint density at radius 1 is 1.14 bits per heavy atom. The number of methoxy groups -OCH3 is 1. The first-order valence-electron chi connectivity index (χ1n) is 7.76. The molecular formula is C18H25NO2. The average molecular weight is 287 g/mol. The molecule has 3 heteroatoms. The summed E-state index contributed by atoms with van der Waals surface area (Å²) >= 11 is 0. The van der Waals surface area contributed by atoms with Crippen molar-refractivity contribution < 1.29 is 9.47 Å². The van der Waals surface area contributed by atoms with Gasteiger partial charge in [-0.1, -0.05) is 43.7 Å². The molecular weight excluding hydrogens is 262 g/mol. The maximum Gasteiger partial charge on any atom is 0.162 e. The lowest BCUT2D eigenvalue weighted by Gasteiger charge is -2.28. The highest BCUT2D eigenvalue weighted by atomic mass is 16.5. The molecule has 0 aliphatic heterocycles. The van der Waals surface area contributed by atoms with E-state index in [0.717, 1.165) is 24.0 Å². The lowest BCUT2D eigenvalue weighted by atomic mass is 9.86. The van der Waals surface area contributed by atoms with Crippen LogP contribution >= 0.6 is 0 Å². The number of hydrogen-bond acceptors (Lipinski definition) is 3. The van der Waals surface area contributed by atoms with E-state index in [1.54, 1.807) is 7.11 Å². The van der Waals surface area contributed by atoms with Gasteiger partial charge in [-0.2, -0.15) is 0 Å². The van der Waals surface area contributed by atoms with Gasteiger partial charge in [-0.3, -0.25) is 0 Å². The van der Waals surface area contributed by atoms with E-state index < -0.39 is 0 Å². The van der Waals surface area contributed by atoms with Crippen molar-refractivity contribution in [3.05, 3.63) is 24.3 Å². The first kappa shape index (κ1) is 15.7. The molecule has 0 spiro atoms. The zero-order valence-corrected chi connectivity index (χ0v) is 13.0. The summed E-state index contributed by atoms with van der Waals surface area (Å²) in [5.41, 5.74) is 0. The second-order valence-corrected chi connectivity index (χ2v) is 5.54. The highest BCUT2D eigenvalue weighted by molar-refractivity contribution is 5.39. The molecule has 2 rings (SSSR count). The highest BCUT2D eigenvalue weighted by Gasteiger charge is 2.19. The second kappa shape index (κ2) is 8.59. The third-order valence-corrected chi connectivity index (χ3v) is 4.06. The number of nitrogens with one attached hydrogen (secondary N) is 1. The largest absolute Gasteiger partial charge is 0.493 e. The van der Waals surface area contributed by atoms with Crippen LogP contribution < -0.4 is 14.8 Å². The second-order valence-electron chi connectivity index (χ2n) is 5.54. The Bertz CT molecular complexity index is 489. The van der Waals surface area contributed by atoms with Crippen LogP contribution in [0.4, 0.5) is 0 Å². The van der Waals surface area contributed by atoms with Crippen LogP contribution in [-0.2, 0) is 0 Å². The number of para-hydroxylation sites is 2. The van der Waals surface area contributed by atoms with Gasteiger partial charge in [0.1, 0.15) is 6.61 Å². The summed E-state index contributed by atoms with van der Waals surface area (Å²) in [5.74, 6) is 8.44. The van der Waals surface area contributed by atoms with Crippen LogP contribution in [0.3, 0.4) is 0 Å². The Kier molecular flexibility index (Phi) is 6.43. The maximum atomic E-state index is 5.61. The molecule has 1 N–H and O–H groups in total. The van der Waals surface area contributed by atoms with Gasteiger partial charge in [-0.05, 0) is 30.9 Å². The quantitative estimate of drug-likeness (QED) is 0.843. The summed E-state index contributed by atoms with van der Waals surface area (Å²) in [4.78, 5) is 0. The van der Waals surface area contributed by atoms with E-state index in [9.17, 15) is 0 Å². The molecule has 1 saturated carbocycles. The van der Waals surface area contributed by atoms with Crippen molar-refractivity contribution in [1.82, 2.24) is 5.32 Å². The molecule has 0 saturated heterocycles. The van der Waals surface area contributed by atoms with E-state index in [-0.39, 0.29) is 0 Å². The number of rotatable bonds is 5. The fourth-order valence-corrected chi connectivity index (χ4v) is 2.77. The van der Waals surface area contributed by atoms with Crippen molar-refractivity contribution in [2.75, 3.05) is 20.3 Å². The SMILES string of the molecule is COc1ccccc1OCC#CCN[C@H]1CCCC[C@@H]1C. The summed E-state index contributed by atoms with van der Waals surface area (Å²) < 4.78 is 10.8. The summed E-state index contributed by atoms with van der Waals surface area (Å²) in [6.07, 6.45) is 5.33. The molecule has 0 radical (unpaired) electrons. The van der Waals surface area contributed by atoms with Crippen molar-refractivity contribution in [2.24, 2.45) is 5.92 Å². The predicted molar refractivity (Wildman–Crippen MR) is 85.7 cm³/mol. The molecule has 0 aromatic heterocycles. The summed E-state index contributed by atoms with van der Waals surface area (Å²) in [5, 5.41) is 3.54. The first-order valence-corrected chi connectivity index (χ1v) is 7.76. The Morgan fingerprint density at radius 2 is 1.90 bits per heavy atom. The smallest absolute Gasteiger partial charge is 0.162 e. The van der Waals surface area contributed by atoms with Gasteiger partial charge in [0.05, 0.1) is 13.7 Å². The normalized spacial score (nSPS) is 21.2. The minimum absolute atomic E-state index is 0.391. The molecule has 21 heavy (non-hydrogen) atoms. The molecule has 0 unspecified atom stereocenters. The molecule has 1 aliphatic rings. The van der Waals surface area contributed by atoms with E-state index in [4.69, 9.17) is 9.47 Å². The molecule has 3 nitrogen and oxygen atoms in total. The van der Waals surface area contributed by atoms with E-state index in [1.165, 1.54) is 25.7 Å². The summed E-state index contributed by atoms with van der Waals surface area (Å²) in [7, 11) is 1.64. The van der Waals surface area contributed by atoms with Crippen LogP contribution in [0, 0.1) is 17.8 Å². The van der Waals surface area contributed by atoms with E-state index in [0.29, 0.717) is 12.6 Å². The van der Waals surface area contributed by atoms with E-state index in [1.807, 2.05) is 24.3 Å². The molecule has 0 bridgehead atoms. The summed E-state index contributed by atoms with van der Waals surface area (Å²) in [6.45, 7) is 3.46. The molecule has 0 amide bonds. The third kappa shape index (κ3) is 4.99. The molecule has 1 aromatic carbocycles. The minimum Gasteiger partial charge on any atom is -0.493 e. The van der Waals surface area contributed by atoms with Crippen LogP contribution in [0.25, 0.3) is 0 Å². The van der Waals surface area contributed by atoms with Crippen molar-refractivity contribution >= 4 is 0 Å². The topological polar surface area (TPSA) is 30.5 Å². The first-order chi connectivity index (χ1) is 10.3. The minimum atomic E-state index is 0.391. The van der Waals surface area contributed by atoms with Gasteiger partial charge in [-0.25, -0.2) is 0 Å². The predicted octanol–water partition coefficient (Wildman–Crippen LogP) is 3.25. The average Bonchev–Trinajstić information content (AvgIpc) is 2.52. The molecule has 1 aliphatic carbocycles. The Labute approximate surface area is 128 Å². The molecule has 1 fully saturated rings. The van der Waals surface area contributed by atoms with Gasteiger partial charge < -0.3 is 14.8 Å². The van der Waals surface area contributed by atoms with Crippen molar-refractivity contribution in [2.45, 2.75) is 38.6 Å². The van der Waals surface area contributed by atoms with Gasteiger partial charge in [0, 0.05) is 6.04 Å². The Balaban J connectivity index is 1.69. The Morgan fingerprint density at radius 3 is 2.67 bits per heavy atom. The van der Waals surface area contributed by atoms with Crippen LogP contribution in [-0.4, -0.2) is 26.3 Å². The van der Waals surface area contributed by atoms with Crippen molar-refractivity contribution in [1.29, 1.82) is 0 Å². The molecule has 1 aromatic rings. The van der Waals surface area contributed by atoms with E-state index in [2.05, 4.69) is 24.1 Å². The van der Waals surface area contributed by atoms with E-state index >= 15 is 0 Å². The molecule has 2 atom stereocenters. The lowest BCUT2D eigenvalue weighted by Crippen LogP contribution is -2.37. The summed E-state index contributed by atoms with van der Waals surface area (Å²) in [6, 6.07) is 8.25. The zero-order valence-electron chi connectivity index (χ0n) is 13.0. The fourth-order valence-electron chi connectivity index (χ4n) is 2.77. The van der Waals surface area contributed by atoms with Crippen molar-refractivity contribution in [3.63, 3.8) is 0 Å².